The van der Waals surface area contributed by atoms with Crippen molar-refractivity contribution in [3.05, 3.63) is 46.2 Å². The van der Waals surface area contributed by atoms with Crippen molar-refractivity contribution < 1.29 is 9.50 Å². The predicted octanol–water partition coefficient (Wildman–Crippen LogP) is 1.72. The molecule has 1 heterocycles. The van der Waals surface area contributed by atoms with Crippen LogP contribution >= 0.6 is 15.9 Å². The van der Waals surface area contributed by atoms with Crippen molar-refractivity contribution >= 4 is 15.9 Å². The highest BCUT2D eigenvalue weighted by molar-refractivity contribution is 9.10. The second kappa shape index (κ2) is 4.71. The molecule has 0 spiro atoms. The first-order valence-corrected chi connectivity index (χ1v) is 5.42. The average Bonchev–Trinajstić information content (AvgIpc) is 2.72. The fraction of sp³-hybridized carbons (Fsp3) is 0.200. The Morgan fingerprint density at radius 1 is 1.44 bits per heavy atom. The minimum Gasteiger partial charge on any atom is -0.388 e. The molecule has 4 nitrogen and oxygen atoms in total. The highest BCUT2D eigenvalue weighted by Gasteiger charge is 2.08. The average molecular weight is 286 g/mol. The molecule has 84 valence electrons. The Bertz CT molecular complexity index is 501. The molecule has 0 aliphatic heterocycles. The van der Waals surface area contributed by atoms with Crippen molar-refractivity contribution in [1.29, 1.82) is 0 Å². The third-order valence-electron chi connectivity index (χ3n) is 2.19. The van der Waals surface area contributed by atoms with E-state index in [0.29, 0.717) is 16.8 Å². The minimum atomic E-state index is -0.317. The Balaban J connectivity index is 2.30. The summed E-state index contributed by atoms with van der Waals surface area (Å²) in [5.41, 5.74) is 0.750. The van der Waals surface area contributed by atoms with E-state index in [1.54, 1.807) is 12.1 Å². The normalized spacial score (nSPS) is 10.7. The summed E-state index contributed by atoms with van der Waals surface area (Å²) in [5.74, 6) is 0.138. The van der Waals surface area contributed by atoms with Gasteiger partial charge in [0, 0.05) is 0 Å². The summed E-state index contributed by atoms with van der Waals surface area (Å²) in [5, 5.41) is 13.0. The summed E-state index contributed by atoms with van der Waals surface area (Å²) in [4.78, 5) is 3.88. The van der Waals surface area contributed by atoms with Gasteiger partial charge in [0.1, 0.15) is 18.8 Å². The molecule has 0 atom stereocenters. The highest BCUT2D eigenvalue weighted by atomic mass is 79.9. The lowest BCUT2D eigenvalue weighted by Crippen LogP contribution is -2.07. The van der Waals surface area contributed by atoms with E-state index in [2.05, 4.69) is 26.0 Å². The molecule has 0 amide bonds. The first kappa shape index (κ1) is 11.2. The molecule has 0 radical (unpaired) electrons. The van der Waals surface area contributed by atoms with Crippen molar-refractivity contribution in [2.45, 2.75) is 13.2 Å². The van der Waals surface area contributed by atoms with Crippen molar-refractivity contribution in [3.8, 4) is 0 Å². The van der Waals surface area contributed by atoms with Gasteiger partial charge in [-0.05, 0) is 27.6 Å². The molecule has 0 fully saturated rings. The van der Waals surface area contributed by atoms with Crippen LogP contribution in [-0.2, 0) is 13.2 Å². The first-order chi connectivity index (χ1) is 7.72. The molecule has 6 heteroatoms. The van der Waals surface area contributed by atoms with E-state index in [-0.39, 0.29) is 12.4 Å². The summed E-state index contributed by atoms with van der Waals surface area (Å²) in [6.45, 7) is 0.182. The van der Waals surface area contributed by atoms with Gasteiger partial charge in [-0.15, -0.1) is 0 Å². The Morgan fingerprint density at radius 2 is 2.25 bits per heavy atom. The molecule has 0 saturated heterocycles. The van der Waals surface area contributed by atoms with Gasteiger partial charge in [-0.3, -0.25) is 0 Å². The third kappa shape index (κ3) is 2.12. The van der Waals surface area contributed by atoms with Crippen LogP contribution in [0.4, 0.5) is 4.39 Å². The number of hydrogen-bond donors (Lipinski definition) is 1. The van der Waals surface area contributed by atoms with Gasteiger partial charge in [-0.1, -0.05) is 12.1 Å². The summed E-state index contributed by atoms with van der Waals surface area (Å²) in [7, 11) is 0. The first-order valence-electron chi connectivity index (χ1n) is 4.63. The molecule has 1 aromatic heterocycles. The standard InChI is InChI=1S/C10H9BrFN3O/c11-10-7(2-1-3-8(10)12)4-15-9(5-16)13-6-14-15/h1-3,6,16H,4-5H2. The zero-order chi connectivity index (χ0) is 11.5. The van der Waals surface area contributed by atoms with Crippen LogP contribution < -0.4 is 0 Å². The molecular weight excluding hydrogens is 277 g/mol. The van der Waals surface area contributed by atoms with Crippen LogP contribution in [0.3, 0.4) is 0 Å². The summed E-state index contributed by atoms with van der Waals surface area (Å²) in [6.07, 6.45) is 1.36. The Kier molecular flexibility index (Phi) is 3.31. The second-order valence-corrected chi connectivity index (χ2v) is 4.00. The van der Waals surface area contributed by atoms with E-state index >= 15 is 0 Å². The van der Waals surface area contributed by atoms with Crippen molar-refractivity contribution in [3.63, 3.8) is 0 Å². The van der Waals surface area contributed by atoms with Gasteiger partial charge in [0.15, 0.2) is 5.82 Å². The largest absolute Gasteiger partial charge is 0.388 e. The molecule has 2 aromatic rings. The molecular formula is C10H9BrFN3O. The fourth-order valence-electron chi connectivity index (χ4n) is 1.37. The number of aliphatic hydroxyl groups is 1. The summed E-state index contributed by atoms with van der Waals surface area (Å²) in [6, 6.07) is 4.79. The SMILES string of the molecule is OCc1ncnn1Cc1cccc(F)c1Br. The molecule has 0 bridgehead atoms. The quantitative estimate of drug-likeness (QED) is 0.934. The van der Waals surface area contributed by atoms with Crippen molar-refractivity contribution in [1.82, 2.24) is 14.8 Å². The minimum absolute atomic E-state index is 0.188. The Hall–Kier alpha value is -1.27. The topological polar surface area (TPSA) is 50.9 Å². The maximum atomic E-state index is 13.2. The van der Waals surface area contributed by atoms with Crippen LogP contribution in [0.5, 0.6) is 0 Å². The number of aromatic nitrogens is 3. The molecule has 16 heavy (non-hydrogen) atoms. The van der Waals surface area contributed by atoms with E-state index < -0.39 is 0 Å². The summed E-state index contributed by atoms with van der Waals surface area (Å²) < 4.78 is 15.2. The molecule has 1 N–H and O–H groups in total. The number of halogens is 2. The number of hydrogen-bond acceptors (Lipinski definition) is 3. The molecule has 0 aliphatic rings. The second-order valence-electron chi connectivity index (χ2n) is 3.20. The molecule has 1 aromatic carbocycles. The van der Waals surface area contributed by atoms with Crippen LogP contribution in [0.2, 0.25) is 0 Å². The van der Waals surface area contributed by atoms with Crippen LogP contribution in [0.1, 0.15) is 11.4 Å². The predicted molar refractivity (Wildman–Crippen MR) is 59.1 cm³/mol. The number of benzene rings is 1. The highest BCUT2D eigenvalue weighted by Crippen LogP contribution is 2.21. The zero-order valence-corrected chi connectivity index (χ0v) is 9.85. The number of rotatable bonds is 3. The lowest BCUT2D eigenvalue weighted by molar-refractivity contribution is 0.264. The van der Waals surface area contributed by atoms with Gasteiger partial charge in [-0.25, -0.2) is 14.1 Å². The van der Waals surface area contributed by atoms with Gasteiger partial charge in [0.05, 0.1) is 11.0 Å². The Labute approximate surface area is 99.9 Å². The lowest BCUT2D eigenvalue weighted by atomic mass is 10.2. The van der Waals surface area contributed by atoms with E-state index in [9.17, 15) is 4.39 Å². The number of nitrogens with zero attached hydrogens (tertiary/aromatic N) is 3. The van der Waals surface area contributed by atoms with Crippen LogP contribution in [0, 0.1) is 5.82 Å². The van der Waals surface area contributed by atoms with Crippen LogP contribution in [0.25, 0.3) is 0 Å². The summed E-state index contributed by atoms with van der Waals surface area (Å²) >= 11 is 3.17. The molecule has 0 unspecified atom stereocenters. The van der Waals surface area contributed by atoms with Crippen molar-refractivity contribution in [2.24, 2.45) is 0 Å². The molecule has 0 saturated carbocycles. The fourth-order valence-corrected chi connectivity index (χ4v) is 1.76. The van der Waals surface area contributed by atoms with Gasteiger partial charge in [-0.2, -0.15) is 5.10 Å². The zero-order valence-electron chi connectivity index (χ0n) is 8.27. The van der Waals surface area contributed by atoms with E-state index in [4.69, 9.17) is 5.11 Å². The van der Waals surface area contributed by atoms with Crippen LogP contribution in [-0.4, -0.2) is 19.9 Å². The van der Waals surface area contributed by atoms with Crippen LogP contribution in [0.15, 0.2) is 29.0 Å². The molecule has 0 aliphatic carbocycles. The maximum absolute atomic E-state index is 13.2. The monoisotopic (exact) mass is 285 g/mol. The van der Waals surface area contributed by atoms with E-state index in [1.807, 2.05) is 0 Å². The van der Waals surface area contributed by atoms with Crippen molar-refractivity contribution in [2.75, 3.05) is 0 Å². The van der Waals surface area contributed by atoms with Gasteiger partial charge < -0.3 is 5.11 Å². The number of aliphatic hydroxyl groups excluding tert-OH is 1. The lowest BCUT2D eigenvalue weighted by Gasteiger charge is -2.07. The molecule has 2 rings (SSSR count). The van der Waals surface area contributed by atoms with Gasteiger partial charge in [0.25, 0.3) is 0 Å². The van der Waals surface area contributed by atoms with E-state index in [0.717, 1.165) is 5.56 Å². The smallest absolute Gasteiger partial charge is 0.152 e. The van der Waals surface area contributed by atoms with Gasteiger partial charge in [0.2, 0.25) is 0 Å². The maximum Gasteiger partial charge on any atom is 0.152 e. The Morgan fingerprint density at radius 3 is 3.00 bits per heavy atom. The third-order valence-corrected chi connectivity index (χ3v) is 3.08. The van der Waals surface area contributed by atoms with E-state index in [1.165, 1.54) is 17.1 Å². The van der Waals surface area contributed by atoms with Gasteiger partial charge >= 0.3 is 0 Å².